The van der Waals surface area contributed by atoms with Crippen LogP contribution in [-0.4, -0.2) is 114 Å². The van der Waals surface area contributed by atoms with Gasteiger partial charge in [0, 0.05) is 86.7 Å². The van der Waals surface area contributed by atoms with Crippen LogP contribution in [0.3, 0.4) is 0 Å². The molecule has 12 nitrogen and oxygen atoms in total. The smallest absolute Gasteiger partial charge is 0.418 e. The number of fused-ring (bicyclic) bond motifs is 1. The van der Waals surface area contributed by atoms with E-state index in [0.717, 1.165) is 84.0 Å². The summed E-state index contributed by atoms with van der Waals surface area (Å²) in [5.74, 6) is 0.201. The number of rotatable bonds is 11. The number of ether oxygens (including phenoxy) is 2. The van der Waals surface area contributed by atoms with Crippen LogP contribution in [0, 0.1) is 11.7 Å². The molecule has 1 aromatic heterocycles. The van der Waals surface area contributed by atoms with Gasteiger partial charge in [-0.2, -0.15) is 24.9 Å². The quantitative estimate of drug-likeness (QED) is 0.176. The van der Waals surface area contributed by atoms with Gasteiger partial charge in [0.1, 0.15) is 28.8 Å². The van der Waals surface area contributed by atoms with Gasteiger partial charge in [0.25, 0.3) is 5.56 Å². The normalized spacial score (nSPS) is 22.8. The van der Waals surface area contributed by atoms with E-state index in [4.69, 9.17) is 9.47 Å². The summed E-state index contributed by atoms with van der Waals surface area (Å²) < 4.78 is 69.3. The monoisotopic (exact) mass is 815 g/mol. The minimum Gasteiger partial charge on any atom is -0.493 e. The zero-order valence-corrected chi connectivity index (χ0v) is 32.6. The number of likely N-dealkylation sites (tertiary alicyclic amines) is 2. The van der Waals surface area contributed by atoms with E-state index in [1.54, 1.807) is 23.9 Å². The van der Waals surface area contributed by atoms with E-state index >= 15 is 4.39 Å². The standard InChI is InChI=1S/C40H49F4N7O5S/c41-31-18-28(19-33-37(31)39(54)47-35(46-33)23-57-29-9-15-55-16-10-29)56-22-24-5-11-49(12-6-24)27-20-51(21-27)26-7-13-50(14-8-26)34-3-1-25(17-30(34)40(42,43)44)45-32-2-4-36(52)48-38(32)53/h1,3,17-19,24,26-27,29,32,45H,2,4-16,20-23H2,(H,46,47,54)(H,48,52,53). The Morgan fingerprint density at radius 1 is 0.912 bits per heavy atom. The van der Waals surface area contributed by atoms with Crippen molar-refractivity contribution in [3.8, 4) is 5.75 Å². The molecule has 5 aliphatic rings. The fourth-order valence-electron chi connectivity index (χ4n) is 8.79. The first-order valence-electron chi connectivity index (χ1n) is 20.1. The maximum Gasteiger partial charge on any atom is 0.418 e. The molecule has 17 heteroatoms. The molecule has 2 amide bonds. The fourth-order valence-corrected chi connectivity index (χ4v) is 9.84. The Balaban J connectivity index is 0.779. The summed E-state index contributed by atoms with van der Waals surface area (Å²) in [6.07, 6.45) is 1.18. The van der Waals surface area contributed by atoms with Crippen LogP contribution in [0.1, 0.15) is 62.8 Å². The van der Waals surface area contributed by atoms with Crippen LogP contribution in [-0.2, 0) is 26.3 Å². The number of nitrogens with zero attached hydrogens (tertiary/aromatic N) is 4. The first-order chi connectivity index (χ1) is 27.5. The van der Waals surface area contributed by atoms with Crippen molar-refractivity contribution in [1.29, 1.82) is 0 Å². The average molecular weight is 816 g/mol. The SMILES string of the molecule is O=C1CCC(Nc2ccc(N3CCC(N4CC(N5CCC(COc6cc(F)c7c(=O)[nH]c(CSC8CCOCC8)nc7c6)CC5)C4)CC3)c(C(F)(F)F)c2)C(=O)N1. The minimum absolute atomic E-state index is 0.0564. The molecule has 57 heavy (non-hydrogen) atoms. The number of H-pyrrole nitrogens is 1. The predicted octanol–water partition coefficient (Wildman–Crippen LogP) is 5.15. The summed E-state index contributed by atoms with van der Waals surface area (Å²) in [4.78, 5) is 50.5. The molecule has 0 spiro atoms. The number of aromatic amines is 1. The molecular weight excluding hydrogens is 767 g/mol. The average Bonchev–Trinajstić information content (AvgIpc) is 3.17. The summed E-state index contributed by atoms with van der Waals surface area (Å²) >= 11 is 1.73. The number of anilines is 2. The highest BCUT2D eigenvalue weighted by Crippen LogP contribution is 2.40. The van der Waals surface area contributed by atoms with E-state index in [-0.39, 0.29) is 35.5 Å². The maximum absolute atomic E-state index is 15.1. The molecule has 6 heterocycles. The highest BCUT2D eigenvalue weighted by molar-refractivity contribution is 7.99. The molecule has 308 valence electrons. The number of imide groups is 1. The number of piperidine rings is 3. The predicted molar refractivity (Wildman–Crippen MR) is 209 cm³/mol. The summed E-state index contributed by atoms with van der Waals surface area (Å²) in [5.41, 5.74) is -0.582. The van der Waals surface area contributed by atoms with Gasteiger partial charge in [0.05, 0.1) is 23.4 Å². The molecule has 0 aliphatic carbocycles. The largest absolute Gasteiger partial charge is 0.493 e. The first kappa shape index (κ1) is 39.9. The van der Waals surface area contributed by atoms with Crippen molar-refractivity contribution in [3.63, 3.8) is 0 Å². The maximum atomic E-state index is 15.1. The van der Waals surface area contributed by atoms with Crippen LogP contribution < -0.4 is 25.8 Å². The van der Waals surface area contributed by atoms with Crippen molar-refractivity contribution in [3.05, 3.63) is 57.9 Å². The lowest BCUT2D eigenvalue weighted by Crippen LogP contribution is -2.64. The number of alkyl halides is 3. The Labute approximate surface area is 332 Å². The Bertz CT molecular complexity index is 1990. The Morgan fingerprint density at radius 2 is 1.67 bits per heavy atom. The zero-order chi connectivity index (χ0) is 39.7. The summed E-state index contributed by atoms with van der Waals surface area (Å²) in [6.45, 7) is 6.74. The second-order valence-electron chi connectivity index (χ2n) is 15.9. The minimum atomic E-state index is -4.57. The van der Waals surface area contributed by atoms with Crippen LogP contribution in [0.5, 0.6) is 5.75 Å². The van der Waals surface area contributed by atoms with Gasteiger partial charge in [-0.25, -0.2) is 9.37 Å². The molecule has 3 aromatic rings. The number of hydrogen-bond acceptors (Lipinski definition) is 11. The van der Waals surface area contributed by atoms with E-state index in [2.05, 4.69) is 30.4 Å². The fraction of sp³-hybridized carbons (Fsp3) is 0.600. The summed E-state index contributed by atoms with van der Waals surface area (Å²) in [6, 6.07) is 7.05. The zero-order valence-electron chi connectivity index (χ0n) is 31.8. The Morgan fingerprint density at radius 3 is 2.39 bits per heavy atom. The van der Waals surface area contributed by atoms with Crippen molar-refractivity contribution in [2.75, 3.05) is 69.3 Å². The lowest BCUT2D eigenvalue weighted by Gasteiger charge is -2.52. The van der Waals surface area contributed by atoms with E-state index in [0.29, 0.717) is 65.8 Å². The van der Waals surface area contributed by atoms with Gasteiger partial charge in [-0.3, -0.25) is 29.5 Å². The topological polar surface area (TPSA) is 132 Å². The van der Waals surface area contributed by atoms with Crippen molar-refractivity contribution in [1.82, 2.24) is 25.1 Å². The number of halogens is 4. The number of amides is 2. The van der Waals surface area contributed by atoms with E-state index < -0.39 is 35.1 Å². The number of carbonyl (C=O) groups is 2. The number of aromatic nitrogens is 2. The Hall–Kier alpha value is -3.93. The molecule has 1 unspecified atom stereocenters. The molecule has 5 fully saturated rings. The highest BCUT2D eigenvalue weighted by Gasteiger charge is 2.40. The molecular formula is C40H49F4N7O5S. The molecule has 8 rings (SSSR count). The van der Waals surface area contributed by atoms with Gasteiger partial charge in [-0.05, 0) is 82.2 Å². The number of carbonyl (C=O) groups excluding carboxylic acids is 2. The highest BCUT2D eigenvalue weighted by atomic mass is 32.2. The third kappa shape index (κ3) is 9.36. The van der Waals surface area contributed by atoms with Gasteiger partial charge in [0.15, 0.2) is 0 Å². The Kier molecular flexibility index (Phi) is 12.0. The summed E-state index contributed by atoms with van der Waals surface area (Å²) in [5, 5.41) is 5.49. The van der Waals surface area contributed by atoms with Gasteiger partial charge >= 0.3 is 6.18 Å². The van der Waals surface area contributed by atoms with Crippen LogP contribution in [0.4, 0.5) is 28.9 Å². The van der Waals surface area contributed by atoms with Gasteiger partial charge in [0.2, 0.25) is 11.8 Å². The van der Waals surface area contributed by atoms with Crippen LogP contribution >= 0.6 is 11.8 Å². The lowest BCUT2D eigenvalue weighted by molar-refractivity contribution is -0.137. The van der Waals surface area contributed by atoms with Gasteiger partial charge < -0.3 is 24.7 Å². The van der Waals surface area contributed by atoms with E-state index in [1.807, 2.05) is 4.90 Å². The number of thioether (sulfide) groups is 1. The van der Waals surface area contributed by atoms with Crippen molar-refractivity contribution < 1.29 is 36.6 Å². The van der Waals surface area contributed by atoms with Crippen molar-refractivity contribution in [2.45, 2.75) is 86.7 Å². The van der Waals surface area contributed by atoms with Gasteiger partial charge in [-0.1, -0.05) is 0 Å². The number of hydrogen-bond donors (Lipinski definition) is 3. The molecule has 2 aromatic carbocycles. The molecule has 3 N–H and O–H groups in total. The number of benzene rings is 2. The lowest BCUT2D eigenvalue weighted by atomic mass is 9.92. The van der Waals surface area contributed by atoms with Crippen LogP contribution in [0.15, 0.2) is 35.1 Å². The third-order valence-electron chi connectivity index (χ3n) is 12.2. The van der Waals surface area contributed by atoms with Crippen LogP contribution in [0.2, 0.25) is 0 Å². The van der Waals surface area contributed by atoms with Crippen molar-refractivity contribution >= 4 is 45.9 Å². The molecule has 5 aliphatic heterocycles. The van der Waals surface area contributed by atoms with E-state index in [9.17, 15) is 27.6 Å². The molecule has 1 atom stereocenters. The van der Waals surface area contributed by atoms with Crippen LogP contribution in [0.25, 0.3) is 10.9 Å². The second-order valence-corrected chi connectivity index (χ2v) is 17.2. The first-order valence-corrected chi connectivity index (χ1v) is 21.1. The summed E-state index contributed by atoms with van der Waals surface area (Å²) in [7, 11) is 0. The van der Waals surface area contributed by atoms with Crippen molar-refractivity contribution in [2.24, 2.45) is 5.92 Å². The molecule has 0 bridgehead atoms. The second kappa shape index (κ2) is 17.1. The molecule has 5 saturated heterocycles. The third-order valence-corrected chi connectivity index (χ3v) is 13.5. The van der Waals surface area contributed by atoms with E-state index in [1.165, 1.54) is 12.1 Å². The van der Waals surface area contributed by atoms with Gasteiger partial charge in [-0.15, -0.1) is 0 Å². The molecule has 0 radical (unpaired) electrons. The molecule has 0 saturated carbocycles. The number of nitrogens with one attached hydrogen (secondary N) is 3.